The quantitative estimate of drug-likeness (QED) is 0.772. The van der Waals surface area contributed by atoms with Gasteiger partial charge in [-0.15, -0.1) is 0 Å². The number of carbonyl (C=O) groups excluding carboxylic acids is 1. The van der Waals surface area contributed by atoms with Gasteiger partial charge in [0.05, 0.1) is 23.2 Å². The highest BCUT2D eigenvalue weighted by molar-refractivity contribution is 6.42. The molecule has 1 fully saturated rings. The molecule has 5 nitrogen and oxygen atoms in total. The zero-order valence-corrected chi connectivity index (χ0v) is 16.9. The molecule has 1 atom stereocenters. The van der Waals surface area contributed by atoms with Crippen LogP contribution in [-0.4, -0.2) is 36.0 Å². The van der Waals surface area contributed by atoms with Crippen molar-refractivity contribution >= 4 is 34.9 Å². The third kappa shape index (κ3) is 4.66. The van der Waals surface area contributed by atoms with E-state index < -0.39 is 0 Å². The molecule has 1 unspecified atom stereocenters. The molecule has 2 aromatic rings. The molecule has 1 N–H and O–H groups in total. The number of amides is 1. The summed E-state index contributed by atoms with van der Waals surface area (Å²) in [4.78, 5) is 18.0. The van der Waals surface area contributed by atoms with Crippen LogP contribution in [0.25, 0.3) is 0 Å². The summed E-state index contributed by atoms with van der Waals surface area (Å²) in [7, 11) is 1.62. The van der Waals surface area contributed by atoms with Gasteiger partial charge in [0.25, 0.3) is 0 Å². The second kappa shape index (κ2) is 8.81. The van der Waals surface area contributed by atoms with Crippen molar-refractivity contribution in [2.45, 2.75) is 25.8 Å². The lowest BCUT2D eigenvalue weighted by molar-refractivity contribution is -0.130. The lowest BCUT2D eigenvalue weighted by Crippen LogP contribution is -2.39. The van der Waals surface area contributed by atoms with Crippen LogP contribution in [0, 0.1) is 5.92 Å². The van der Waals surface area contributed by atoms with Gasteiger partial charge in [-0.3, -0.25) is 4.79 Å². The van der Waals surface area contributed by atoms with Crippen LogP contribution in [0.1, 0.15) is 31.4 Å². The highest BCUT2D eigenvalue weighted by Gasteiger charge is 2.31. The highest BCUT2D eigenvalue weighted by atomic mass is 35.5. The first-order valence-corrected chi connectivity index (χ1v) is 9.71. The monoisotopic (exact) mass is 407 g/mol. The summed E-state index contributed by atoms with van der Waals surface area (Å²) >= 11 is 12.5. The van der Waals surface area contributed by atoms with Crippen LogP contribution < -0.4 is 10.1 Å². The Labute approximate surface area is 169 Å². The average Bonchev–Trinajstić information content (AvgIpc) is 2.69. The number of methoxy groups -OCH3 is 1. The van der Waals surface area contributed by atoms with Gasteiger partial charge in [-0.2, -0.15) is 0 Å². The number of halogens is 2. The highest BCUT2D eigenvalue weighted by Crippen LogP contribution is 2.41. The summed E-state index contributed by atoms with van der Waals surface area (Å²) in [5.41, 5.74) is 0.943. The van der Waals surface area contributed by atoms with Crippen LogP contribution in [0.3, 0.4) is 0 Å². The number of nitrogens with zero attached hydrogens (tertiary/aromatic N) is 2. The largest absolute Gasteiger partial charge is 0.496 e. The van der Waals surface area contributed by atoms with Gasteiger partial charge in [0.2, 0.25) is 5.91 Å². The number of nitrogens with one attached hydrogen (secondary N) is 1. The van der Waals surface area contributed by atoms with Crippen molar-refractivity contribution in [3.63, 3.8) is 0 Å². The number of benzene rings is 1. The van der Waals surface area contributed by atoms with E-state index in [1.165, 1.54) is 0 Å². The van der Waals surface area contributed by atoms with E-state index in [0.717, 1.165) is 37.3 Å². The molecule has 2 heterocycles. The summed E-state index contributed by atoms with van der Waals surface area (Å²) in [5.74, 6) is 1.89. The molecule has 1 aliphatic rings. The zero-order valence-electron chi connectivity index (χ0n) is 15.4. The van der Waals surface area contributed by atoms with E-state index in [1.54, 1.807) is 26.3 Å². The Bertz CT molecular complexity index is 793. The maximum absolute atomic E-state index is 11.7. The van der Waals surface area contributed by atoms with Crippen LogP contribution >= 0.6 is 23.2 Å². The van der Waals surface area contributed by atoms with Gasteiger partial charge in [0.15, 0.2) is 0 Å². The standard InChI is InChI=1S/C20H23Cl2N3O2/c1-13(26)25-9-6-14(7-10-25)20(24-19-5-3-4-8-23-19)15-11-16(21)17(22)12-18(15)27-2/h3-5,8,11-12,14,20H,6-7,9-10H2,1-2H3,(H,23,24). The summed E-state index contributed by atoms with van der Waals surface area (Å²) in [6.07, 6.45) is 3.52. The first-order valence-electron chi connectivity index (χ1n) is 8.95. The van der Waals surface area contributed by atoms with Crippen molar-refractivity contribution in [2.75, 3.05) is 25.5 Å². The number of hydrogen-bond donors (Lipinski definition) is 1. The first kappa shape index (κ1) is 19.8. The molecule has 0 aliphatic carbocycles. The maximum Gasteiger partial charge on any atom is 0.219 e. The number of pyridine rings is 1. The molecule has 0 spiro atoms. The third-order valence-electron chi connectivity index (χ3n) is 5.03. The summed E-state index contributed by atoms with van der Waals surface area (Å²) < 4.78 is 5.58. The van der Waals surface area contributed by atoms with Gasteiger partial charge in [-0.1, -0.05) is 29.3 Å². The van der Waals surface area contributed by atoms with E-state index in [4.69, 9.17) is 27.9 Å². The second-order valence-electron chi connectivity index (χ2n) is 6.69. The molecule has 0 radical (unpaired) electrons. The summed E-state index contributed by atoms with van der Waals surface area (Å²) in [6, 6.07) is 9.31. The number of hydrogen-bond acceptors (Lipinski definition) is 4. The minimum atomic E-state index is -0.0567. The lowest BCUT2D eigenvalue weighted by Gasteiger charge is -2.37. The molecule has 3 rings (SSSR count). The predicted octanol–water partition coefficient (Wildman–Crippen LogP) is 4.81. The number of rotatable bonds is 5. The fourth-order valence-electron chi connectivity index (χ4n) is 3.57. The van der Waals surface area contributed by atoms with Crippen molar-refractivity contribution < 1.29 is 9.53 Å². The molecule has 144 valence electrons. The van der Waals surface area contributed by atoms with E-state index in [0.29, 0.717) is 21.7 Å². The van der Waals surface area contributed by atoms with Gasteiger partial charge >= 0.3 is 0 Å². The third-order valence-corrected chi connectivity index (χ3v) is 5.75. The normalized spacial score (nSPS) is 16.1. The van der Waals surface area contributed by atoms with Gasteiger partial charge in [-0.25, -0.2) is 4.98 Å². The fourth-order valence-corrected chi connectivity index (χ4v) is 3.89. The van der Waals surface area contributed by atoms with E-state index >= 15 is 0 Å². The van der Waals surface area contributed by atoms with Crippen LogP contribution in [0.15, 0.2) is 36.5 Å². The average molecular weight is 408 g/mol. The lowest BCUT2D eigenvalue weighted by atomic mass is 9.84. The molecule has 0 bridgehead atoms. The summed E-state index contributed by atoms with van der Waals surface area (Å²) in [6.45, 7) is 3.10. The fraction of sp³-hybridized carbons (Fsp3) is 0.400. The topological polar surface area (TPSA) is 54.5 Å². The maximum atomic E-state index is 11.7. The Kier molecular flexibility index (Phi) is 6.45. The first-order chi connectivity index (χ1) is 13.0. The van der Waals surface area contributed by atoms with E-state index in [-0.39, 0.29) is 11.9 Å². The van der Waals surface area contributed by atoms with Crippen LogP contribution in [0.4, 0.5) is 5.82 Å². The summed E-state index contributed by atoms with van der Waals surface area (Å²) in [5, 5.41) is 4.48. The van der Waals surface area contributed by atoms with Gasteiger partial charge in [-0.05, 0) is 37.0 Å². The van der Waals surface area contributed by atoms with Crippen molar-refractivity contribution in [2.24, 2.45) is 5.92 Å². The van der Waals surface area contributed by atoms with Crippen LogP contribution in [0.2, 0.25) is 10.0 Å². The van der Waals surface area contributed by atoms with Gasteiger partial charge < -0.3 is 15.0 Å². The molecule has 27 heavy (non-hydrogen) atoms. The van der Waals surface area contributed by atoms with Crippen molar-refractivity contribution in [1.29, 1.82) is 0 Å². The number of piperidine rings is 1. The minimum absolute atomic E-state index is 0.0567. The smallest absolute Gasteiger partial charge is 0.219 e. The van der Waals surface area contributed by atoms with E-state index in [2.05, 4.69) is 10.3 Å². The van der Waals surface area contributed by atoms with E-state index in [9.17, 15) is 4.79 Å². The molecule has 0 saturated carbocycles. The predicted molar refractivity (Wildman–Crippen MR) is 109 cm³/mol. The number of anilines is 1. The Balaban J connectivity index is 1.93. The molecular weight excluding hydrogens is 385 g/mol. The second-order valence-corrected chi connectivity index (χ2v) is 7.50. The van der Waals surface area contributed by atoms with E-state index in [1.807, 2.05) is 29.2 Å². The molecule has 1 aromatic carbocycles. The van der Waals surface area contributed by atoms with Crippen LogP contribution in [-0.2, 0) is 4.79 Å². The molecule has 1 saturated heterocycles. The van der Waals surface area contributed by atoms with Crippen LogP contribution in [0.5, 0.6) is 5.75 Å². The van der Waals surface area contributed by atoms with Crippen molar-refractivity contribution in [3.8, 4) is 5.75 Å². The number of carbonyl (C=O) groups is 1. The molecule has 1 aromatic heterocycles. The Morgan fingerprint density at radius 3 is 2.56 bits per heavy atom. The molecular formula is C20H23Cl2N3O2. The number of aromatic nitrogens is 1. The Morgan fingerprint density at radius 1 is 1.26 bits per heavy atom. The van der Waals surface area contributed by atoms with Crippen molar-refractivity contribution in [3.05, 3.63) is 52.1 Å². The Morgan fingerprint density at radius 2 is 1.96 bits per heavy atom. The van der Waals surface area contributed by atoms with Gasteiger partial charge in [0, 0.05) is 37.8 Å². The SMILES string of the molecule is COc1cc(Cl)c(Cl)cc1C(Nc1ccccn1)C1CCN(C(C)=O)CC1. The Hall–Kier alpha value is -1.98. The molecule has 1 aliphatic heterocycles. The van der Waals surface area contributed by atoms with Gasteiger partial charge in [0.1, 0.15) is 11.6 Å². The molecule has 7 heteroatoms. The zero-order chi connectivity index (χ0) is 19.4. The minimum Gasteiger partial charge on any atom is -0.496 e. The number of ether oxygens (including phenoxy) is 1. The number of likely N-dealkylation sites (tertiary alicyclic amines) is 1. The molecule has 1 amide bonds. The van der Waals surface area contributed by atoms with Crippen molar-refractivity contribution in [1.82, 2.24) is 9.88 Å².